The number of carbonyl (C=O) groups is 1. The van der Waals surface area contributed by atoms with Gasteiger partial charge in [0.15, 0.2) is 16.4 Å². The third-order valence-electron chi connectivity index (χ3n) is 4.34. The maximum atomic E-state index is 12.5. The fourth-order valence-corrected chi connectivity index (χ4v) is 5.86. The van der Waals surface area contributed by atoms with Crippen molar-refractivity contribution in [2.24, 2.45) is 0 Å². The van der Waals surface area contributed by atoms with Crippen LogP contribution in [-0.4, -0.2) is 44.7 Å². The number of benzene rings is 1. The van der Waals surface area contributed by atoms with Gasteiger partial charge in [-0.15, -0.1) is 11.3 Å². The molecule has 7 heteroatoms. The summed E-state index contributed by atoms with van der Waals surface area (Å²) in [7, 11) is -3.25. The Morgan fingerprint density at radius 3 is 2.68 bits per heavy atom. The van der Waals surface area contributed by atoms with E-state index in [2.05, 4.69) is 0 Å². The summed E-state index contributed by atoms with van der Waals surface area (Å²) >= 11 is 1.45. The van der Waals surface area contributed by atoms with E-state index in [4.69, 9.17) is 4.74 Å². The molecule has 0 saturated carbocycles. The molecule has 1 amide bonds. The average Bonchev–Trinajstić information content (AvgIpc) is 3.05. The number of sulfone groups is 1. The van der Waals surface area contributed by atoms with Gasteiger partial charge in [0.25, 0.3) is 5.91 Å². The van der Waals surface area contributed by atoms with Crippen LogP contribution in [0.25, 0.3) is 0 Å². The molecule has 1 aromatic heterocycles. The Morgan fingerprint density at radius 1 is 1.24 bits per heavy atom. The van der Waals surface area contributed by atoms with Crippen molar-refractivity contribution in [3.8, 4) is 5.75 Å². The van der Waals surface area contributed by atoms with Crippen LogP contribution < -0.4 is 4.74 Å². The van der Waals surface area contributed by atoms with Crippen LogP contribution in [0, 0.1) is 6.92 Å². The summed E-state index contributed by atoms with van der Waals surface area (Å²) in [6.45, 7) is 2.56. The number of amides is 1. The van der Waals surface area contributed by atoms with Crippen LogP contribution in [-0.2, 0) is 14.6 Å². The standard InChI is InChI=1S/C18H21NO4S2/c1-14-4-6-15(7-5-14)23-13-18(20)19-9-8-17(16-3-2-11-24-16)25(21,22)12-10-19/h2-7,11,17H,8-10,12-13H2,1H3. The Hall–Kier alpha value is -1.86. The summed E-state index contributed by atoms with van der Waals surface area (Å²) in [4.78, 5) is 14.9. The lowest BCUT2D eigenvalue weighted by Crippen LogP contribution is -2.37. The van der Waals surface area contributed by atoms with Gasteiger partial charge in [0.05, 0.1) is 11.0 Å². The van der Waals surface area contributed by atoms with Crippen molar-refractivity contribution >= 4 is 27.1 Å². The quantitative estimate of drug-likeness (QED) is 0.819. The molecule has 0 spiro atoms. The fourth-order valence-electron chi connectivity index (χ4n) is 2.86. The molecule has 5 nitrogen and oxygen atoms in total. The number of hydrogen-bond donors (Lipinski definition) is 0. The Morgan fingerprint density at radius 2 is 2.00 bits per heavy atom. The van der Waals surface area contributed by atoms with Gasteiger partial charge in [-0.25, -0.2) is 8.42 Å². The molecule has 25 heavy (non-hydrogen) atoms. The summed E-state index contributed by atoms with van der Waals surface area (Å²) < 4.78 is 30.6. The number of nitrogens with zero attached hydrogens (tertiary/aromatic N) is 1. The summed E-state index contributed by atoms with van der Waals surface area (Å²) in [5.41, 5.74) is 1.12. The molecule has 0 aliphatic carbocycles. The van der Waals surface area contributed by atoms with E-state index in [0.29, 0.717) is 18.7 Å². The highest BCUT2D eigenvalue weighted by atomic mass is 32.2. The lowest BCUT2D eigenvalue weighted by atomic mass is 10.2. The minimum absolute atomic E-state index is 0.00810. The number of rotatable bonds is 4. The minimum Gasteiger partial charge on any atom is -0.484 e. The Bertz CT molecular complexity index is 813. The zero-order chi connectivity index (χ0) is 17.9. The van der Waals surface area contributed by atoms with Gasteiger partial charge in [-0.3, -0.25) is 4.79 Å². The summed E-state index contributed by atoms with van der Waals surface area (Å²) in [5.74, 6) is 0.451. The van der Waals surface area contributed by atoms with Gasteiger partial charge >= 0.3 is 0 Å². The van der Waals surface area contributed by atoms with Crippen LogP contribution >= 0.6 is 11.3 Å². The van der Waals surface area contributed by atoms with Crippen LogP contribution in [0.4, 0.5) is 0 Å². The first-order valence-electron chi connectivity index (χ1n) is 8.18. The first-order valence-corrected chi connectivity index (χ1v) is 10.8. The van der Waals surface area contributed by atoms with E-state index in [0.717, 1.165) is 10.4 Å². The smallest absolute Gasteiger partial charge is 0.260 e. The van der Waals surface area contributed by atoms with Crippen molar-refractivity contribution in [2.45, 2.75) is 18.6 Å². The number of ether oxygens (including phenoxy) is 1. The van der Waals surface area contributed by atoms with Crippen LogP contribution in [0.1, 0.15) is 22.1 Å². The van der Waals surface area contributed by atoms with E-state index in [1.807, 2.05) is 48.7 Å². The molecule has 1 fully saturated rings. The van der Waals surface area contributed by atoms with Gasteiger partial charge in [0.2, 0.25) is 0 Å². The second-order valence-electron chi connectivity index (χ2n) is 6.14. The number of hydrogen-bond acceptors (Lipinski definition) is 5. The van der Waals surface area contributed by atoms with Gasteiger partial charge < -0.3 is 9.64 Å². The van der Waals surface area contributed by atoms with Gasteiger partial charge in [-0.05, 0) is 36.9 Å². The average molecular weight is 380 g/mol. The maximum Gasteiger partial charge on any atom is 0.260 e. The number of carbonyl (C=O) groups excluding carboxylic acids is 1. The predicted molar refractivity (Wildman–Crippen MR) is 98.7 cm³/mol. The second-order valence-corrected chi connectivity index (χ2v) is 9.42. The molecule has 0 bridgehead atoms. The maximum absolute atomic E-state index is 12.5. The molecular formula is C18H21NO4S2. The minimum atomic E-state index is -3.25. The van der Waals surface area contributed by atoms with E-state index >= 15 is 0 Å². The second kappa shape index (κ2) is 7.58. The lowest BCUT2D eigenvalue weighted by molar-refractivity contribution is -0.133. The normalized spacial score (nSPS) is 20.0. The molecule has 0 N–H and O–H groups in total. The Labute approximate surface area is 152 Å². The molecule has 1 aliphatic heterocycles. The summed E-state index contributed by atoms with van der Waals surface area (Å²) in [6, 6.07) is 11.2. The van der Waals surface area contributed by atoms with Crippen LogP contribution in [0.3, 0.4) is 0 Å². The van der Waals surface area contributed by atoms with E-state index in [9.17, 15) is 13.2 Å². The van der Waals surface area contributed by atoms with Gasteiger partial charge in [0.1, 0.15) is 5.75 Å². The zero-order valence-electron chi connectivity index (χ0n) is 14.1. The van der Waals surface area contributed by atoms with Crippen LogP contribution in [0.15, 0.2) is 41.8 Å². The van der Waals surface area contributed by atoms with Crippen molar-refractivity contribution < 1.29 is 17.9 Å². The molecule has 1 aromatic carbocycles. The van der Waals surface area contributed by atoms with Crippen molar-refractivity contribution in [3.63, 3.8) is 0 Å². The summed E-state index contributed by atoms with van der Waals surface area (Å²) in [6.07, 6.45) is 0.430. The molecule has 0 radical (unpaired) electrons. The van der Waals surface area contributed by atoms with Crippen molar-refractivity contribution in [1.82, 2.24) is 4.90 Å². The molecular weight excluding hydrogens is 358 g/mol. The SMILES string of the molecule is Cc1ccc(OCC(=O)N2CCC(c3cccs3)S(=O)(=O)CC2)cc1. The lowest BCUT2D eigenvalue weighted by Gasteiger charge is -2.20. The zero-order valence-corrected chi connectivity index (χ0v) is 15.7. The van der Waals surface area contributed by atoms with Crippen molar-refractivity contribution in [2.75, 3.05) is 25.4 Å². The van der Waals surface area contributed by atoms with E-state index in [1.54, 1.807) is 4.90 Å². The van der Waals surface area contributed by atoms with E-state index < -0.39 is 15.1 Å². The first-order chi connectivity index (χ1) is 12.0. The first kappa shape index (κ1) is 17.9. The van der Waals surface area contributed by atoms with Gasteiger partial charge in [0, 0.05) is 18.0 Å². The largest absolute Gasteiger partial charge is 0.484 e. The molecule has 1 aliphatic rings. The topological polar surface area (TPSA) is 63.7 Å². The Kier molecular flexibility index (Phi) is 5.44. The monoisotopic (exact) mass is 379 g/mol. The van der Waals surface area contributed by atoms with E-state index in [1.165, 1.54) is 11.3 Å². The molecule has 134 valence electrons. The van der Waals surface area contributed by atoms with Gasteiger partial charge in [-0.2, -0.15) is 0 Å². The van der Waals surface area contributed by atoms with Crippen LogP contribution in [0.2, 0.25) is 0 Å². The molecule has 1 saturated heterocycles. The fraction of sp³-hybridized carbons (Fsp3) is 0.389. The highest BCUT2D eigenvalue weighted by molar-refractivity contribution is 7.91. The highest BCUT2D eigenvalue weighted by Gasteiger charge is 2.33. The van der Waals surface area contributed by atoms with Gasteiger partial charge in [-0.1, -0.05) is 23.8 Å². The highest BCUT2D eigenvalue weighted by Crippen LogP contribution is 2.32. The summed E-state index contributed by atoms with van der Waals surface area (Å²) in [5, 5.41) is 1.37. The predicted octanol–water partition coefficient (Wildman–Crippen LogP) is 2.82. The third kappa shape index (κ3) is 4.41. The van der Waals surface area contributed by atoms with Crippen molar-refractivity contribution in [3.05, 3.63) is 52.2 Å². The molecule has 1 unspecified atom stereocenters. The van der Waals surface area contributed by atoms with Crippen LogP contribution in [0.5, 0.6) is 5.75 Å². The number of aryl methyl sites for hydroxylation is 1. The third-order valence-corrected chi connectivity index (χ3v) is 7.58. The number of thiophene rings is 1. The Balaban J connectivity index is 1.62. The van der Waals surface area contributed by atoms with E-state index in [-0.39, 0.29) is 24.8 Å². The van der Waals surface area contributed by atoms with Crippen molar-refractivity contribution in [1.29, 1.82) is 0 Å². The molecule has 1 atom stereocenters. The molecule has 2 heterocycles. The molecule has 2 aromatic rings. The molecule has 3 rings (SSSR count).